The molecule has 1 rings (SSSR count). The predicted molar refractivity (Wildman–Crippen MR) is 73.0 cm³/mol. The summed E-state index contributed by atoms with van der Waals surface area (Å²) in [4.78, 5) is 35.3. The van der Waals surface area contributed by atoms with Gasteiger partial charge in [-0.3, -0.25) is 4.79 Å². The molecule has 0 aliphatic carbocycles. The SMILES string of the molecule is CCC1COCCN1C(=O)N[C@H](CCCC(=O)O)C(=O)O. The fraction of sp³-hybridized carbons (Fsp3) is 0.769. The lowest BCUT2D eigenvalue weighted by atomic mass is 10.1. The van der Waals surface area contributed by atoms with Gasteiger partial charge in [0.15, 0.2) is 0 Å². The molecule has 3 N–H and O–H groups in total. The van der Waals surface area contributed by atoms with E-state index in [1.807, 2.05) is 6.92 Å². The molecule has 0 bridgehead atoms. The quantitative estimate of drug-likeness (QED) is 0.631. The molecular formula is C13H22N2O6. The Hall–Kier alpha value is -1.83. The van der Waals surface area contributed by atoms with Crippen LogP contribution >= 0.6 is 0 Å². The van der Waals surface area contributed by atoms with Gasteiger partial charge in [-0.25, -0.2) is 9.59 Å². The first-order chi connectivity index (χ1) is 9.95. The summed E-state index contributed by atoms with van der Waals surface area (Å²) in [5, 5.41) is 20.1. The third-order valence-electron chi connectivity index (χ3n) is 3.44. The van der Waals surface area contributed by atoms with Gasteiger partial charge in [0.05, 0.1) is 19.3 Å². The summed E-state index contributed by atoms with van der Waals surface area (Å²) >= 11 is 0. The number of nitrogens with one attached hydrogen (secondary N) is 1. The van der Waals surface area contributed by atoms with Crippen LogP contribution in [0.4, 0.5) is 4.79 Å². The fourth-order valence-electron chi connectivity index (χ4n) is 2.21. The van der Waals surface area contributed by atoms with Crippen LogP contribution in [-0.2, 0) is 14.3 Å². The summed E-state index contributed by atoms with van der Waals surface area (Å²) < 4.78 is 5.29. The highest BCUT2D eigenvalue weighted by Gasteiger charge is 2.29. The van der Waals surface area contributed by atoms with Crippen molar-refractivity contribution >= 4 is 18.0 Å². The molecule has 0 aromatic rings. The molecule has 8 nitrogen and oxygen atoms in total. The molecule has 21 heavy (non-hydrogen) atoms. The third kappa shape index (κ3) is 5.58. The van der Waals surface area contributed by atoms with Crippen LogP contribution in [0.2, 0.25) is 0 Å². The molecular weight excluding hydrogens is 280 g/mol. The number of hydrogen-bond acceptors (Lipinski definition) is 4. The Morgan fingerprint density at radius 3 is 2.67 bits per heavy atom. The molecule has 2 amide bonds. The van der Waals surface area contributed by atoms with E-state index in [-0.39, 0.29) is 25.3 Å². The zero-order chi connectivity index (χ0) is 15.8. The molecule has 2 atom stereocenters. The first-order valence-electron chi connectivity index (χ1n) is 7.05. The predicted octanol–water partition coefficient (Wildman–Crippen LogP) is 0.515. The van der Waals surface area contributed by atoms with Crippen LogP contribution in [0, 0.1) is 0 Å². The zero-order valence-electron chi connectivity index (χ0n) is 12.1. The third-order valence-corrected chi connectivity index (χ3v) is 3.44. The fourth-order valence-corrected chi connectivity index (χ4v) is 2.21. The van der Waals surface area contributed by atoms with E-state index < -0.39 is 24.0 Å². The molecule has 0 aromatic carbocycles. The second kappa shape index (κ2) is 8.46. The standard InChI is InChI=1S/C13H22N2O6/c1-2-9-8-21-7-6-15(9)13(20)14-10(12(18)19)4-3-5-11(16)17/h9-10H,2-8H2,1H3,(H,14,20)(H,16,17)(H,18,19)/t9?,10-/m1/s1. The molecule has 1 aliphatic heterocycles. The van der Waals surface area contributed by atoms with Crippen molar-refractivity contribution in [3.63, 3.8) is 0 Å². The van der Waals surface area contributed by atoms with Crippen molar-refractivity contribution in [2.24, 2.45) is 0 Å². The molecule has 0 aromatic heterocycles. The molecule has 0 saturated carbocycles. The van der Waals surface area contributed by atoms with Crippen LogP contribution in [0.15, 0.2) is 0 Å². The van der Waals surface area contributed by atoms with Gasteiger partial charge in [0, 0.05) is 13.0 Å². The summed E-state index contributed by atoms with van der Waals surface area (Å²) in [5.41, 5.74) is 0. The second-order valence-corrected chi connectivity index (χ2v) is 4.96. The summed E-state index contributed by atoms with van der Waals surface area (Å²) in [6.07, 6.45) is 0.903. The Bertz CT molecular complexity index is 387. The number of rotatable bonds is 7. The van der Waals surface area contributed by atoms with E-state index in [1.165, 1.54) is 0 Å². The topological polar surface area (TPSA) is 116 Å². The maximum Gasteiger partial charge on any atom is 0.326 e. The van der Waals surface area contributed by atoms with Crippen LogP contribution in [0.1, 0.15) is 32.6 Å². The summed E-state index contributed by atoms with van der Waals surface area (Å²) in [6.45, 7) is 3.23. The average Bonchev–Trinajstić information content (AvgIpc) is 2.45. The average molecular weight is 302 g/mol. The first kappa shape index (κ1) is 17.2. The Kier molecular flexibility index (Phi) is 6.93. The van der Waals surface area contributed by atoms with E-state index in [9.17, 15) is 14.4 Å². The normalized spacial score (nSPS) is 19.9. The lowest BCUT2D eigenvalue weighted by molar-refractivity contribution is -0.140. The maximum absolute atomic E-state index is 12.2. The molecule has 1 fully saturated rings. The molecule has 1 aliphatic rings. The monoisotopic (exact) mass is 302 g/mol. The number of morpholine rings is 1. The van der Waals surface area contributed by atoms with E-state index in [0.29, 0.717) is 19.8 Å². The number of carboxylic acids is 2. The van der Waals surface area contributed by atoms with E-state index in [4.69, 9.17) is 14.9 Å². The van der Waals surface area contributed by atoms with Gasteiger partial charge >= 0.3 is 18.0 Å². The van der Waals surface area contributed by atoms with Gasteiger partial charge in [-0.1, -0.05) is 6.92 Å². The number of urea groups is 1. The van der Waals surface area contributed by atoms with E-state index in [0.717, 1.165) is 6.42 Å². The van der Waals surface area contributed by atoms with Gasteiger partial charge < -0.3 is 25.2 Å². The van der Waals surface area contributed by atoms with Gasteiger partial charge in [-0.2, -0.15) is 0 Å². The van der Waals surface area contributed by atoms with Crippen LogP contribution in [0.3, 0.4) is 0 Å². The van der Waals surface area contributed by atoms with Crippen molar-refractivity contribution in [3.8, 4) is 0 Å². The van der Waals surface area contributed by atoms with Crippen LogP contribution in [-0.4, -0.2) is 64.9 Å². The van der Waals surface area contributed by atoms with Crippen molar-refractivity contribution < 1.29 is 29.3 Å². The van der Waals surface area contributed by atoms with Crippen LogP contribution in [0.25, 0.3) is 0 Å². The van der Waals surface area contributed by atoms with Gasteiger partial charge in [-0.05, 0) is 19.3 Å². The largest absolute Gasteiger partial charge is 0.481 e. The van der Waals surface area contributed by atoms with E-state index in [1.54, 1.807) is 4.90 Å². The van der Waals surface area contributed by atoms with Gasteiger partial charge in [0.1, 0.15) is 6.04 Å². The Labute approximate surface area is 123 Å². The Morgan fingerprint density at radius 1 is 1.38 bits per heavy atom. The van der Waals surface area contributed by atoms with Crippen molar-refractivity contribution in [2.45, 2.75) is 44.7 Å². The number of amides is 2. The van der Waals surface area contributed by atoms with Crippen LogP contribution < -0.4 is 5.32 Å². The number of ether oxygens (including phenoxy) is 1. The Balaban J connectivity index is 2.54. The molecule has 0 spiro atoms. The zero-order valence-corrected chi connectivity index (χ0v) is 12.1. The first-order valence-corrected chi connectivity index (χ1v) is 7.05. The molecule has 1 unspecified atom stereocenters. The molecule has 1 saturated heterocycles. The number of nitrogens with zero attached hydrogens (tertiary/aromatic N) is 1. The van der Waals surface area contributed by atoms with Crippen LogP contribution in [0.5, 0.6) is 0 Å². The number of aliphatic carboxylic acids is 2. The van der Waals surface area contributed by atoms with E-state index in [2.05, 4.69) is 5.32 Å². The smallest absolute Gasteiger partial charge is 0.326 e. The molecule has 1 heterocycles. The number of carbonyl (C=O) groups excluding carboxylic acids is 1. The van der Waals surface area contributed by atoms with Crippen molar-refractivity contribution in [1.82, 2.24) is 10.2 Å². The second-order valence-electron chi connectivity index (χ2n) is 4.96. The minimum Gasteiger partial charge on any atom is -0.481 e. The summed E-state index contributed by atoms with van der Waals surface area (Å²) in [6, 6.07) is -1.57. The highest BCUT2D eigenvalue weighted by atomic mass is 16.5. The molecule has 8 heteroatoms. The highest BCUT2D eigenvalue weighted by molar-refractivity contribution is 5.82. The Morgan fingerprint density at radius 2 is 2.10 bits per heavy atom. The van der Waals surface area contributed by atoms with Gasteiger partial charge in [-0.15, -0.1) is 0 Å². The minimum absolute atomic E-state index is 0.0628. The maximum atomic E-state index is 12.2. The lowest BCUT2D eigenvalue weighted by Gasteiger charge is -2.35. The minimum atomic E-state index is -1.16. The van der Waals surface area contributed by atoms with Crippen molar-refractivity contribution in [2.75, 3.05) is 19.8 Å². The van der Waals surface area contributed by atoms with Gasteiger partial charge in [0.25, 0.3) is 0 Å². The van der Waals surface area contributed by atoms with Crippen molar-refractivity contribution in [3.05, 3.63) is 0 Å². The van der Waals surface area contributed by atoms with E-state index >= 15 is 0 Å². The number of carboxylic acid groups (broad SMARTS) is 2. The molecule has 0 radical (unpaired) electrons. The lowest BCUT2D eigenvalue weighted by Crippen LogP contribution is -2.55. The highest BCUT2D eigenvalue weighted by Crippen LogP contribution is 2.11. The summed E-state index contributed by atoms with van der Waals surface area (Å²) in [7, 11) is 0. The van der Waals surface area contributed by atoms with Crippen molar-refractivity contribution in [1.29, 1.82) is 0 Å². The van der Waals surface area contributed by atoms with Gasteiger partial charge in [0.2, 0.25) is 0 Å². The number of carbonyl (C=O) groups is 3. The summed E-state index contributed by atoms with van der Waals surface area (Å²) in [5.74, 6) is -2.14. The molecule has 120 valence electrons. The number of hydrogen-bond donors (Lipinski definition) is 3.